The van der Waals surface area contributed by atoms with Crippen molar-refractivity contribution in [3.05, 3.63) is 47.5 Å². The zero-order chi connectivity index (χ0) is 20.8. The zero-order valence-corrected chi connectivity index (χ0v) is 17.6. The summed E-state index contributed by atoms with van der Waals surface area (Å²) in [6.45, 7) is 6.14. The molecule has 1 N–H and O–H groups in total. The number of hydrogen-bond acceptors (Lipinski definition) is 4. The minimum Gasteiger partial charge on any atom is -0.346 e. The molecule has 3 rings (SSSR count). The molecule has 1 fully saturated rings. The summed E-state index contributed by atoms with van der Waals surface area (Å²) in [5, 5.41) is 7.47. The SMILES string of the molecule is CC(C)CC(=O)N1CCC(Cc2nn(C)cc2C(=O)NCc2ccccn2)CC1. The van der Waals surface area contributed by atoms with E-state index in [1.807, 2.05) is 30.1 Å². The average Bonchev–Trinajstić information content (AvgIpc) is 3.07. The fraction of sp³-hybridized carbons (Fsp3) is 0.545. The molecule has 156 valence electrons. The lowest BCUT2D eigenvalue weighted by atomic mass is 9.90. The minimum atomic E-state index is -0.122. The summed E-state index contributed by atoms with van der Waals surface area (Å²) >= 11 is 0. The van der Waals surface area contributed by atoms with Crippen LogP contribution in [0.2, 0.25) is 0 Å². The van der Waals surface area contributed by atoms with Gasteiger partial charge < -0.3 is 10.2 Å². The Morgan fingerprint density at radius 1 is 1.24 bits per heavy atom. The van der Waals surface area contributed by atoms with Crippen LogP contribution in [0.1, 0.15) is 54.9 Å². The van der Waals surface area contributed by atoms with Gasteiger partial charge in [-0.3, -0.25) is 19.3 Å². The summed E-state index contributed by atoms with van der Waals surface area (Å²) in [4.78, 5) is 31.2. The highest BCUT2D eigenvalue weighted by molar-refractivity contribution is 5.95. The van der Waals surface area contributed by atoms with Gasteiger partial charge in [0.25, 0.3) is 5.91 Å². The molecule has 7 heteroatoms. The fourth-order valence-electron chi connectivity index (χ4n) is 3.78. The molecule has 0 radical (unpaired) electrons. The lowest BCUT2D eigenvalue weighted by Gasteiger charge is -2.32. The maximum atomic E-state index is 12.7. The highest BCUT2D eigenvalue weighted by Crippen LogP contribution is 2.23. The van der Waals surface area contributed by atoms with Crippen molar-refractivity contribution in [2.75, 3.05) is 13.1 Å². The van der Waals surface area contributed by atoms with Crippen LogP contribution in [-0.4, -0.2) is 44.6 Å². The number of pyridine rings is 1. The number of nitrogens with one attached hydrogen (secondary N) is 1. The van der Waals surface area contributed by atoms with Crippen LogP contribution in [0.5, 0.6) is 0 Å². The number of carbonyl (C=O) groups is 2. The molecule has 0 unspecified atom stereocenters. The van der Waals surface area contributed by atoms with Crippen molar-refractivity contribution in [3.63, 3.8) is 0 Å². The first kappa shape index (κ1) is 21.0. The molecule has 0 aromatic carbocycles. The molecule has 0 aliphatic carbocycles. The second kappa shape index (κ2) is 9.67. The van der Waals surface area contributed by atoms with Crippen LogP contribution in [0.3, 0.4) is 0 Å². The number of likely N-dealkylation sites (tertiary alicyclic amines) is 1. The number of piperidine rings is 1. The minimum absolute atomic E-state index is 0.122. The van der Waals surface area contributed by atoms with Gasteiger partial charge in [0.1, 0.15) is 0 Å². The number of hydrogen-bond donors (Lipinski definition) is 1. The summed E-state index contributed by atoms with van der Waals surface area (Å²) in [5.41, 5.74) is 2.28. The Bertz CT molecular complexity index is 823. The molecule has 7 nitrogen and oxygen atoms in total. The molecule has 0 saturated carbocycles. The number of nitrogens with zero attached hydrogens (tertiary/aromatic N) is 4. The zero-order valence-electron chi connectivity index (χ0n) is 17.6. The third kappa shape index (κ3) is 5.89. The lowest BCUT2D eigenvalue weighted by molar-refractivity contribution is -0.133. The van der Waals surface area contributed by atoms with Crippen molar-refractivity contribution in [2.45, 2.75) is 46.1 Å². The number of rotatable bonds is 7. The van der Waals surface area contributed by atoms with Gasteiger partial charge in [-0.25, -0.2) is 0 Å². The van der Waals surface area contributed by atoms with E-state index in [2.05, 4.69) is 29.2 Å². The van der Waals surface area contributed by atoms with Gasteiger partial charge in [-0.2, -0.15) is 5.10 Å². The van der Waals surface area contributed by atoms with Crippen LogP contribution in [-0.2, 0) is 24.8 Å². The first-order valence-corrected chi connectivity index (χ1v) is 10.4. The molecule has 29 heavy (non-hydrogen) atoms. The maximum Gasteiger partial charge on any atom is 0.255 e. The number of aryl methyl sites for hydroxylation is 1. The van der Waals surface area contributed by atoms with E-state index in [-0.39, 0.29) is 11.8 Å². The Morgan fingerprint density at radius 2 is 2.00 bits per heavy atom. The summed E-state index contributed by atoms with van der Waals surface area (Å²) in [7, 11) is 1.84. The molecular formula is C22H31N5O2. The van der Waals surface area contributed by atoms with Crippen molar-refractivity contribution in [3.8, 4) is 0 Å². The molecule has 0 atom stereocenters. The topological polar surface area (TPSA) is 80.1 Å². The third-order valence-corrected chi connectivity index (χ3v) is 5.34. The molecular weight excluding hydrogens is 366 g/mol. The maximum absolute atomic E-state index is 12.7. The predicted molar refractivity (Wildman–Crippen MR) is 111 cm³/mol. The van der Waals surface area contributed by atoms with Gasteiger partial charge in [-0.05, 0) is 43.2 Å². The molecule has 2 aromatic heterocycles. The van der Waals surface area contributed by atoms with E-state index in [1.54, 1.807) is 17.1 Å². The van der Waals surface area contributed by atoms with Crippen molar-refractivity contribution in [2.24, 2.45) is 18.9 Å². The number of carbonyl (C=O) groups excluding carboxylic acids is 2. The molecule has 2 aromatic rings. The average molecular weight is 398 g/mol. The first-order chi connectivity index (χ1) is 13.9. The van der Waals surface area contributed by atoms with Gasteiger partial charge in [-0.15, -0.1) is 0 Å². The van der Waals surface area contributed by atoms with E-state index >= 15 is 0 Å². The quantitative estimate of drug-likeness (QED) is 0.779. The van der Waals surface area contributed by atoms with Crippen molar-refractivity contribution < 1.29 is 9.59 Å². The first-order valence-electron chi connectivity index (χ1n) is 10.4. The lowest BCUT2D eigenvalue weighted by Crippen LogP contribution is -2.39. The predicted octanol–water partition coefficient (Wildman–Crippen LogP) is 2.57. The van der Waals surface area contributed by atoms with Crippen molar-refractivity contribution >= 4 is 11.8 Å². The third-order valence-electron chi connectivity index (χ3n) is 5.34. The fourth-order valence-corrected chi connectivity index (χ4v) is 3.78. The Morgan fingerprint density at radius 3 is 2.66 bits per heavy atom. The van der Waals surface area contributed by atoms with Crippen LogP contribution in [0.4, 0.5) is 0 Å². The monoisotopic (exact) mass is 397 g/mol. The normalized spacial score (nSPS) is 15.0. The summed E-state index contributed by atoms with van der Waals surface area (Å²) in [6, 6.07) is 5.65. The van der Waals surface area contributed by atoms with E-state index in [9.17, 15) is 9.59 Å². The van der Waals surface area contributed by atoms with Crippen molar-refractivity contribution in [1.29, 1.82) is 0 Å². The summed E-state index contributed by atoms with van der Waals surface area (Å²) in [5.74, 6) is 0.963. The largest absolute Gasteiger partial charge is 0.346 e. The molecule has 2 amide bonds. The van der Waals surface area contributed by atoms with Gasteiger partial charge in [0.05, 0.1) is 23.5 Å². The van der Waals surface area contributed by atoms with Crippen molar-refractivity contribution in [1.82, 2.24) is 25.0 Å². The van der Waals surface area contributed by atoms with Gasteiger partial charge in [-0.1, -0.05) is 19.9 Å². The molecule has 1 aliphatic rings. The summed E-state index contributed by atoms with van der Waals surface area (Å²) in [6.07, 6.45) is 6.79. The summed E-state index contributed by atoms with van der Waals surface area (Å²) < 4.78 is 1.70. The highest BCUT2D eigenvalue weighted by Gasteiger charge is 2.25. The van der Waals surface area contributed by atoms with Gasteiger partial charge in [0.2, 0.25) is 5.91 Å². The Kier molecular flexibility index (Phi) is 7.01. The number of amides is 2. The van der Waals surface area contributed by atoms with Crippen LogP contribution in [0, 0.1) is 11.8 Å². The van der Waals surface area contributed by atoms with Crippen LogP contribution >= 0.6 is 0 Å². The molecule has 0 spiro atoms. The van der Waals surface area contributed by atoms with E-state index in [4.69, 9.17) is 0 Å². The Hall–Kier alpha value is -2.70. The van der Waals surface area contributed by atoms with Gasteiger partial charge in [0.15, 0.2) is 0 Å². The molecule has 1 saturated heterocycles. The van der Waals surface area contributed by atoms with E-state index < -0.39 is 0 Å². The second-order valence-electron chi connectivity index (χ2n) is 8.29. The molecule has 0 bridgehead atoms. The smallest absolute Gasteiger partial charge is 0.255 e. The van der Waals surface area contributed by atoms with E-state index in [0.29, 0.717) is 30.4 Å². The molecule has 1 aliphatic heterocycles. The second-order valence-corrected chi connectivity index (χ2v) is 8.29. The Labute approximate surface area is 172 Å². The van der Waals surface area contributed by atoms with E-state index in [0.717, 1.165) is 43.7 Å². The van der Waals surface area contributed by atoms with Crippen LogP contribution in [0.15, 0.2) is 30.6 Å². The number of aromatic nitrogens is 3. The van der Waals surface area contributed by atoms with Crippen LogP contribution < -0.4 is 5.32 Å². The van der Waals surface area contributed by atoms with E-state index in [1.165, 1.54) is 0 Å². The Balaban J connectivity index is 1.55. The van der Waals surface area contributed by atoms with Gasteiger partial charge >= 0.3 is 0 Å². The highest BCUT2D eigenvalue weighted by atomic mass is 16.2. The van der Waals surface area contributed by atoms with Crippen LogP contribution in [0.25, 0.3) is 0 Å². The molecule has 3 heterocycles. The van der Waals surface area contributed by atoms with Gasteiger partial charge in [0, 0.05) is 39.0 Å². The standard InChI is InChI=1S/C22H31N5O2/c1-16(2)12-21(28)27-10-7-17(8-11-27)13-20-19(15-26(3)25-20)22(29)24-14-18-6-4-5-9-23-18/h4-6,9,15-17H,7-8,10-14H2,1-3H3,(H,24,29).